The summed E-state index contributed by atoms with van der Waals surface area (Å²) < 4.78 is 25.6. The van der Waals surface area contributed by atoms with E-state index < -0.39 is 17.7 Å². The number of carbonyl (C=O) groups excluding carboxylic acids is 1. The molecule has 8 rings (SSSR count). The zero-order valence-corrected chi connectivity index (χ0v) is 24.5. The van der Waals surface area contributed by atoms with Gasteiger partial charge in [0, 0.05) is 18.8 Å². The molecule has 0 amide bonds. The van der Waals surface area contributed by atoms with E-state index in [0.29, 0.717) is 29.1 Å². The molecule has 38 heavy (non-hydrogen) atoms. The third-order valence-electron chi connectivity index (χ3n) is 14.8. The number of epoxide rings is 1. The van der Waals surface area contributed by atoms with Crippen LogP contribution in [0.1, 0.15) is 106 Å². The fourth-order valence-electron chi connectivity index (χ4n) is 13.4. The average molecular weight is 529 g/mol. The second-order valence-electron chi connectivity index (χ2n) is 16.5. The van der Waals surface area contributed by atoms with Crippen LogP contribution in [0.25, 0.3) is 0 Å². The van der Waals surface area contributed by atoms with E-state index in [1.54, 1.807) is 6.92 Å². The van der Waals surface area contributed by atoms with Gasteiger partial charge in [0.25, 0.3) is 0 Å². The molecule has 3 spiro atoms. The van der Waals surface area contributed by atoms with E-state index in [1.165, 1.54) is 38.5 Å². The molecule has 3 saturated heterocycles. The highest BCUT2D eigenvalue weighted by Crippen LogP contribution is 2.89. The van der Waals surface area contributed by atoms with Gasteiger partial charge in [-0.25, -0.2) is 0 Å². The van der Waals surface area contributed by atoms with Gasteiger partial charge in [0.2, 0.25) is 5.79 Å². The van der Waals surface area contributed by atoms with Gasteiger partial charge in [-0.05, 0) is 97.2 Å². The van der Waals surface area contributed by atoms with E-state index in [4.69, 9.17) is 18.9 Å². The van der Waals surface area contributed by atoms with E-state index >= 15 is 0 Å². The van der Waals surface area contributed by atoms with Crippen molar-refractivity contribution in [2.45, 2.75) is 142 Å². The van der Waals surface area contributed by atoms with Gasteiger partial charge in [-0.3, -0.25) is 4.79 Å². The molecule has 2 unspecified atom stereocenters. The summed E-state index contributed by atoms with van der Waals surface area (Å²) in [6.07, 6.45) is 9.44. The first-order chi connectivity index (χ1) is 17.7. The van der Waals surface area contributed by atoms with E-state index in [1.807, 2.05) is 6.92 Å². The number of hydrogen-bond donors (Lipinski definition) is 1. The molecule has 0 aromatic carbocycles. The van der Waals surface area contributed by atoms with Crippen LogP contribution in [0.4, 0.5) is 0 Å². The third kappa shape index (κ3) is 2.52. The molecule has 8 fully saturated rings. The molecule has 0 aromatic rings. The van der Waals surface area contributed by atoms with Crippen molar-refractivity contribution in [1.29, 1.82) is 0 Å². The van der Waals surface area contributed by atoms with E-state index in [-0.39, 0.29) is 46.4 Å². The molecular formula is C32H48O6. The van der Waals surface area contributed by atoms with Crippen LogP contribution in [-0.4, -0.2) is 47.1 Å². The van der Waals surface area contributed by atoms with E-state index in [9.17, 15) is 9.90 Å². The number of esters is 1. The van der Waals surface area contributed by atoms with Gasteiger partial charge < -0.3 is 24.1 Å². The Morgan fingerprint density at radius 3 is 2.32 bits per heavy atom. The van der Waals surface area contributed by atoms with Crippen LogP contribution < -0.4 is 0 Å². The largest absolute Gasteiger partial charge is 0.462 e. The Morgan fingerprint density at radius 1 is 0.921 bits per heavy atom. The summed E-state index contributed by atoms with van der Waals surface area (Å²) >= 11 is 0. The molecule has 3 heterocycles. The second kappa shape index (κ2) is 6.85. The van der Waals surface area contributed by atoms with Gasteiger partial charge in [-0.2, -0.15) is 0 Å². The average Bonchev–Trinajstić information content (AvgIpc) is 3.63. The van der Waals surface area contributed by atoms with Crippen molar-refractivity contribution in [2.24, 2.45) is 50.7 Å². The molecule has 8 aliphatic rings. The number of aliphatic hydroxyl groups excluding tert-OH is 1. The topological polar surface area (TPSA) is 77.5 Å². The van der Waals surface area contributed by atoms with Gasteiger partial charge in [0.1, 0.15) is 17.8 Å². The molecule has 6 heteroatoms. The highest BCUT2D eigenvalue weighted by molar-refractivity contribution is 5.66. The van der Waals surface area contributed by atoms with Gasteiger partial charge in [-0.15, -0.1) is 0 Å². The highest BCUT2D eigenvalue weighted by Gasteiger charge is 2.86. The Hall–Kier alpha value is -0.690. The number of ether oxygens (including phenoxy) is 4. The molecule has 1 N–H and O–H groups in total. The molecule has 6 nitrogen and oxygen atoms in total. The van der Waals surface area contributed by atoms with Gasteiger partial charge >= 0.3 is 5.97 Å². The minimum Gasteiger partial charge on any atom is -0.462 e. The summed E-state index contributed by atoms with van der Waals surface area (Å²) in [5.41, 5.74) is 0.311. The Balaban J connectivity index is 1.21. The maximum Gasteiger partial charge on any atom is 0.302 e. The quantitative estimate of drug-likeness (QED) is 0.353. The summed E-state index contributed by atoms with van der Waals surface area (Å²) in [5.74, 6) is 0.993. The van der Waals surface area contributed by atoms with Gasteiger partial charge in [0.15, 0.2) is 6.29 Å². The van der Waals surface area contributed by atoms with Crippen molar-refractivity contribution in [1.82, 2.24) is 0 Å². The first-order valence-electron chi connectivity index (χ1n) is 15.6. The predicted molar refractivity (Wildman–Crippen MR) is 140 cm³/mol. The lowest BCUT2D eigenvalue weighted by Crippen LogP contribution is -2.63. The molecule has 0 bridgehead atoms. The number of carbonyl (C=O) groups is 1. The van der Waals surface area contributed by atoms with Crippen molar-refractivity contribution in [3.05, 3.63) is 0 Å². The molecule has 5 saturated carbocycles. The number of fused-ring (bicyclic) bond motifs is 6. The monoisotopic (exact) mass is 528 g/mol. The number of rotatable bonds is 1. The summed E-state index contributed by atoms with van der Waals surface area (Å²) in [4.78, 5) is 12.7. The summed E-state index contributed by atoms with van der Waals surface area (Å²) in [5, 5.41) is 10.7. The zero-order chi connectivity index (χ0) is 26.9. The Kier molecular flexibility index (Phi) is 4.51. The van der Waals surface area contributed by atoms with E-state index in [2.05, 4.69) is 34.6 Å². The maximum absolute atomic E-state index is 12.7. The SMILES string of the molecule is CC(=O)O[C@@H]1C[C@@]23C[C@@]24CCCC(C)(C)[C@@H]4CCC3[C@]2(C)C[C@@H]3O[C@]4(C[C@@H](C)[C@@H]3[C@@]12C)OC(O)[C@@]1(C)O[C@@H]41. The van der Waals surface area contributed by atoms with E-state index in [0.717, 1.165) is 18.8 Å². The lowest BCUT2D eigenvalue weighted by molar-refractivity contribution is -0.346. The van der Waals surface area contributed by atoms with Crippen molar-refractivity contribution in [3.8, 4) is 0 Å². The number of aliphatic hydroxyl groups is 1. The first-order valence-corrected chi connectivity index (χ1v) is 15.6. The fourth-order valence-corrected chi connectivity index (χ4v) is 13.4. The smallest absolute Gasteiger partial charge is 0.302 e. The predicted octanol–water partition coefficient (Wildman–Crippen LogP) is 5.59. The minimum atomic E-state index is -0.945. The summed E-state index contributed by atoms with van der Waals surface area (Å²) in [6, 6.07) is 0. The maximum atomic E-state index is 12.7. The van der Waals surface area contributed by atoms with Crippen LogP contribution in [0.5, 0.6) is 0 Å². The van der Waals surface area contributed by atoms with Crippen LogP contribution >= 0.6 is 0 Å². The molecular weight excluding hydrogens is 480 g/mol. The first kappa shape index (κ1) is 25.1. The lowest BCUT2D eigenvalue weighted by atomic mass is 9.41. The minimum absolute atomic E-state index is 0.0101. The Labute approximate surface area is 227 Å². The summed E-state index contributed by atoms with van der Waals surface area (Å²) in [6.45, 7) is 15.9. The zero-order valence-electron chi connectivity index (χ0n) is 24.5. The molecule has 14 atom stereocenters. The third-order valence-corrected chi connectivity index (χ3v) is 14.8. The van der Waals surface area contributed by atoms with Crippen LogP contribution in [0.15, 0.2) is 0 Å². The van der Waals surface area contributed by atoms with Crippen molar-refractivity contribution in [3.63, 3.8) is 0 Å². The van der Waals surface area contributed by atoms with Crippen molar-refractivity contribution in [2.75, 3.05) is 0 Å². The fraction of sp³-hybridized carbons (Fsp3) is 0.969. The summed E-state index contributed by atoms with van der Waals surface area (Å²) in [7, 11) is 0. The number of hydrogen-bond acceptors (Lipinski definition) is 6. The molecule has 3 aliphatic heterocycles. The van der Waals surface area contributed by atoms with Crippen molar-refractivity contribution < 1.29 is 28.8 Å². The van der Waals surface area contributed by atoms with Crippen LogP contribution in [0.3, 0.4) is 0 Å². The molecule has 5 aliphatic carbocycles. The standard InChI is InChI=1S/C32H48O6/c1-17-13-32(24-29(7,37-24)25(34)38-32)36-19-14-27(5)21-10-9-20-26(3,4)11-8-12-30(20)16-31(21,30)15-22(35-18(2)33)28(27,6)23(17)19/h17,19-25,34H,8-16H2,1-7H3/t17-,19+,20+,21?,22-,23+,24-,25?,27+,28-,29+,30-,31+,32-/m1/s1. The van der Waals surface area contributed by atoms with Gasteiger partial charge in [0.05, 0.1) is 6.10 Å². The molecule has 0 aromatic heterocycles. The Bertz CT molecular complexity index is 1110. The van der Waals surface area contributed by atoms with Crippen LogP contribution in [0.2, 0.25) is 0 Å². The van der Waals surface area contributed by atoms with Crippen LogP contribution in [-0.2, 0) is 23.7 Å². The second-order valence-corrected chi connectivity index (χ2v) is 16.5. The highest BCUT2D eigenvalue weighted by atomic mass is 16.8. The van der Waals surface area contributed by atoms with Crippen LogP contribution in [0, 0.1) is 50.7 Å². The Morgan fingerprint density at radius 2 is 1.66 bits per heavy atom. The lowest BCUT2D eigenvalue weighted by Gasteiger charge is -2.64. The van der Waals surface area contributed by atoms with Crippen molar-refractivity contribution >= 4 is 5.97 Å². The molecule has 212 valence electrons. The normalized spacial score (nSPS) is 64.5. The van der Waals surface area contributed by atoms with Gasteiger partial charge in [-0.1, -0.05) is 41.0 Å². The molecule has 0 radical (unpaired) electrons.